The highest BCUT2D eigenvalue weighted by Gasteiger charge is 2.02. The molecule has 0 aliphatic carbocycles. The van der Waals surface area contributed by atoms with Gasteiger partial charge in [0, 0.05) is 22.2 Å². The largest absolute Gasteiger partial charge is 0.397 e. The first-order valence-corrected chi connectivity index (χ1v) is 10.6. The van der Waals surface area contributed by atoms with Crippen LogP contribution < -0.4 is 5.32 Å². The minimum Gasteiger partial charge on any atom is -0.356 e. The Labute approximate surface area is 168 Å². The molecule has 0 fully saturated rings. The molecule has 8 heteroatoms. The van der Waals surface area contributed by atoms with E-state index in [0.717, 1.165) is 24.2 Å². The van der Waals surface area contributed by atoms with E-state index in [1.807, 2.05) is 60.7 Å². The molecule has 0 heterocycles. The van der Waals surface area contributed by atoms with Crippen LogP contribution in [-0.2, 0) is 14.6 Å². The zero-order valence-electron chi connectivity index (χ0n) is 16.2. The minimum absolute atomic E-state index is 0.0883. The summed E-state index contributed by atoms with van der Waals surface area (Å²) >= 11 is 0. The van der Waals surface area contributed by atoms with Gasteiger partial charge in [0.25, 0.3) is 0 Å². The highest BCUT2D eigenvalue weighted by atomic mass is 32.3. The fourth-order valence-electron chi connectivity index (χ4n) is 2.26. The second-order valence-electron chi connectivity index (χ2n) is 5.87. The predicted molar refractivity (Wildman–Crippen MR) is 110 cm³/mol. The molecular formula is C20H29N3O4S. The van der Waals surface area contributed by atoms with Gasteiger partial charge in [0.05, 0.1) is 6.61 Å². The lowest BCUT2D eigenvalue weighted by Gasteiger charge is -2.04. The van der Waals surface area contributed by atoms with E-state index in [1.165, 1.54) is 19.3 Å². The van der Waals surface area contributed by atoms with Crippen molar-refractivity contribution in [3.05, 3.63) is 60.7 Å². The number of rotatable bonds is 10. The molecule has 0 atom stereocenters. The van der Waals surface area contributed by atoms with Crippen molar-refractivity contribution in [3.8, 4) is 0 Å². The van der Waals surface area contributed by atoms with Crippen molar-refractivity contribution in [2.45, 2.75) is 45.4 Å². The average Bonchev–Trinajstić information content (AvgIpc) is 2.70. The van der Waals surface area contributed by atoms with E-state index < -0.39 is 10.4 Å². The molecule has 0 radical (unpaired) electrons. The second-order valence-corrected chi connectivity index (χ2v) is 6.97. The molecule has 0 aliphatic rings. The van der Waals surface area contributed by atoms with Gasteiger partial charge in [0.1, 0.15) is 0 Å². The number of anilines is 2. The van der Waals surface area contributed by atoms with Crippen LogP contribution >= 0.6 is 0 Å². The summed E-state index contributed by atoms with van der Waals surface area (Å²) in [6.45, 7) is 2.23. The molecule has 2 aromatic rings. The van der Waals surface area contributed by atoms with Gasteiger partial charge in [0.2, 0.25) is 0 Å². The van der Waals surface area contributed by atoms with Crippen LogP contribution in [-0.4, -0.2) is 19.6 Å². The van der Waals surface area contributed by atoms with Gasteiger partial charge in [-0.3, -0.25) is 4.55 Å². The topological polar surface area (TPSA) is 123 Å². The van der Waals surface area contributed by atoms with Crippen molar-refractivity contribution in [2.75, 3.05) is 11.9 Å². The lowest BCUT2D eigenvalue weighted by molar-refractivity contribution is 0.261. The Morgan fingerprint density at radius 2 is 1.25 bits per heavy atom. The molecule has 0 bridgehead atoms. The van der Waals surface area contributed by atoms with Crippen LogP contribution in [0.25, 0.3) is 0 Å². The van der Waals surface area contributed by atoms with E-state index in [0.29, 0.717) is 6.42 Å². The first-order chi connectivity index (χ1) is 13.5. The van der Waals surface area contributed by atoms with Crippen LogP contribution in [0.5, 0.6) is 0 Å². The number of para-hydroxylation sites is 2. The number of unbranched alkanes of at least 4 members (excludes halogenated alkanes) is 5. The van der Waals surface area contributed by atoms with Gasteiger partial charge in [-0.15, -0.1) is 0 Å². The molecule has 28 heavy (non-hydrogen) atoms. The van der Waals surface area contributed by atoms with E-state index >= 15 is 0 Å². The maximum atomic E-state index is 10.1. The van der Waals surface area contributed by atoms with E-state index in [4.69, 9.17) is 15.3 Å². The Balaban J connectivity index is 0.000000478. The van der Waals surface area contributed by atoms with Crippen LogP contribution in [0.1, 0.15) is 45.4 Å². The standard InChI is InChI=1S/C12H11N.C8H18O4S.N2/c1-3-7-11(8-4-1)13-12-9-5-2-6-10-12;1-2-3-4-5-6-7-8-12-13(9,10)11;1-2/h1-10,13H;2-8H2,1H3,(H,9,10,11);. The highest BCUT2D eigenvalue weighted by molar-refractivity contribution is 7.80. The molecule has 154 valence electrons. The SMILES string of the molecule is CCCCCCCCOS(=O)(=O)O.N#N.c1ccc(Nc2ccccc2)cc1. The molecule has 0 aromatic heterocycles. The first-order valence-electron chi connectivity index (χ1n) is 9.20. The van der Waals surface area contributed by atoms with E-state index in [2.05, 4.69) is 16.4 Å². The zero-order chi connectivity index (χ0) is 21.1. The molecule has 2 N–H and O–H groups in total. The summed E-state index contributed by atoms with van der Waals surface area (Å²) < 4.78 is 32.6. The third-order valence-electron chi connectivity index (χ3n) is 3.57. The summed E-state index contributed by atoms with van der Waals surface area (Å²) in [6.07, 6.45) is 6.34. The Morgan fingerprint density at radius 3 is 1.68 bits per heavy atom. The van der Waals surface area contributed by atoms with Crippen molar-refractivity contribution in [3.63, 3.8) is 0 Å². The summed E-state index contributed by atoms with van der Waals surface area (Å²) in [4.78, 5) is 0. The van der Waals surface area contributed by atoms with Gasteiger partial charge in [-0.1, -0.05) is 75.4 Å². The Hall–Kier alpha value is -2.47. The molecule has 2 aromatic carbocycles. The second kappa shape index (κ2) is 16.7. The Bertz CT molecular complexity index is 685. The molecule has 0 unspecified atom stereocenters. The van der Waals surface area contributed by atoms with E-state index in [9.17, 15) is 8.42 Å². The number of nitrogens with zero attached hydrogens (tertiary/aromatic N) is 2. The summed E-state index contributed by atoms with van der Waals surface area (Å²) in [5.74, 6) is 0. The van der Waals surface area contributed by atoms with Gasteiger partial charge in [-0.2, -0.15) is 8.42 Å². The van der Waals surface area contributed by atoms with Crippen LogP contribution in [0.2, 0.25) is 0 Å². The zero-order valence-corrected chi connectivity index (χ0v) is 17.0. The third kappa shape index (κ3) is 15.8. The number of nitrogens with one attached hydrogen (secondary N) is 1. The molecule has 7 nitrogen and oxygen atoms in total. The first kappa shape index (κ1) is 25.5. The molecule has 0 amide bonds. The van der Waals surface area contributed by atoms with Gasteiger partial charge >= 0.3 is 10.4 Å². The highest BCUT2D eigenvalue weighted by Crippen LogP contribution is 2.14. The van der Waals surface area contributed by atoms with Gasteiger partial charge in [-0.25, -0.2) is 4.18 Å². The molecule has 0 saturated carbocycles. The van der Waals surface area contributed by atoms with Crippen molar-refractivity contribution in [1.82, 2.24) is 0 Å². The Morgan fingerprint density at radius 1 is 0.821 bits per heavy atom. The van der Waals surface area contributed by atoms with E-state index in [1.54, 1.807) is 0 Å². The van der Waals surface area contributed by atoms with Crippen molar-refractivity contribution < 1.29 is 17.2 Å². The quantitative estimate of drug-likeness (QED) is 0.297. The third-order valence-corrected chi connectivity index (χ3v) is 4.03. The van der Waals surface area contributed by atoms with Gasteiger partial charge < -0.3 is 5.32 Å². The molecule has 0 aliphatic heterocycles. The number of hydrogen-bond donors (Lipinski definition) is 2. The van der Waals surface area contributed by atoms with Crippen molar-refractivity contribution >= 4 is 21.8 Å². The van der Waals surface area contributed by atoms with Crippen LogP contribution in [0.15, 0.2) is 60.7 Å². The summed E-state index contributed by atoms with van der Waals surface area (Å²) in [6, 6.07) is 20.3. The fraction of sp³-hybridized carbons (Fsp3) is 0.400. The smallest absolute Gasteiger partial charge is 0.356 e. The van der Waals surface area contributed by atoms with Gasteiger partial charge in [-0.05, 0) is 30.7 Å². The summed E-state index contributed by atoms with van der Waals surface area (Å²) in [5, 5.41) is 15.3. The number of benzene rings is 2. The maximum Gasteiger partial charge on any atom is 0.397 e. The number of hydrogen-bond acceptors (Lipinski definition) is 6. The van der Waals surface area contributed by atoms with Crippen LogP contribution in [0.3, 0.4) is 0 Å². The van der Waals surface area contributed by atoms with Crippen LogP contribution in [0, 0.1) is 10.8 Å². The molecule has 0 spiro atoms. The summed E-state index contributed by atoms with van der Waals surface area (Å²) in [5.41, 5.74) is 2.24. The van der Waals surface area contributed by atoms with Crippen molar-refractivity contribution in [2.24, 2.45) is 0 Å². The minimum atomic E-state index is -4.22. The average molecular weight is 408 g/mol. The monoisotopic (exact) mass is 407 g/mol. The maximum absolute atomic E-state index is 10.1. The predicted octanol–water partition coefficient (Wildman–Crippen LogP) is 5.63. The lowest BCUT2D eigenvalue weighted by Crippen LogP contribution is -2.04. The molecular weight excluding hydrogens is 378 g/mol. The van der Waals surface area contributed by atoms with Crippen LogP contribution in [0.4, 0.5) is 11.4 Å². The Kier molecular flexibility index (Phi) is 15.2. The normalized spacial score (nSPS) is 10.0. The van der Waals surface area contributed by atoms with Crippen molar-refractivity contribution in [1.29, 1.82) is 10.8 Å². The summed E-state index contributed by atoms with van der Waals surface area (Å²) in [7, 11) is -4.22. The van der Waals surface area contributed by atoms with Gasteiger partial charge in [0.15, 0.2) is 0 Å². The van der Waals surface area contributed by atoms with E-state index in [-0.39, 0.29) is 6.61 Å². The molecule has 2 rings (SSSR count). The lowest BCUT2D eigenvalue weighted by atomic mass is 10.1. The molecule has 0 saturated heterocycles. The fourth-order valence-corrected chi connectivity index (χ4v) is 2.58.